The van der Waals surface area contributed by atoms with Gasteiger partial charge in [0.25, 0.3) is 0 Å². The number of aromatic nitrogens is 1. The van der Waals surface area contributed by atoms with Crippen LogP contribution in [0.4, 0.5) is 0 Å². The molecule has 0 bridgehead atoms. The number of ketones is 1. The normalized spacial score (nSPS) is 12.5. The van der Waals surface area contributed by atoms with E-state index in [4.69, 9.17) is 0 Å². The lowest BCUT2D eigenvalue weighted by atomic mass is 10.1. The third-order valence-electron chi connectivity index (χ3n) is 1.98. The molecule has 1 aromatic rings. The van der Waals surface area contributed by atoms with Crippen molar-refractivity contribution in [1.29, 1.82) is 0 Å². The highest BCUT2D eigenvalue weighted by molar-refractivity contribution is 5.81. The van der Waals surface area contributed by atoms with Gasteiger partial charge in [0.15, 0.2) is 0 Å². The number of hydrogen-bond acceptors (Lipinski definition) is 3. The summed E-state index contributed by atoms with van der Waals surface area (Å²) < 4.78 is 0. The molecular formula is C10H14N2O. The molecule has 3 nitrogen and oxygen atoms in total. The molecule has 0 amide bonds. The van der Waals surface area contributed by atoms with E-state index in [9.17, 15) is 4.79 Å². The van der Waals surface area contributed by atoms with Gasteiger partial charge < -0.3 is 5.32 Å². The molecule has 0 spiro atoms. The number of carbonyl (C=O) groups is 1. The molecule has 0 aromatic carbocycles. The van der Waals surface area contributed by atoms with Gasteiger partial charge in [0.2, 0.25) is 0 Å². The molecular weight excluding hydrogens is 164 g/mol. The SMILES string of the molecule is CN[C@@H](Cc1ccccn1)C(C)=O. The van der Waals surface area contributed by atoms with E-state index in [0.29, 0.717) is 6.42 Å². The van der Waals surface area contributed by atoms with Crippen molar-refractivity contribution in [2.45, 2.75) is 19.4 Å². The van der Waals surface area contributed by atoms with Gasteiger partial charge in [-0.1, -0.05) is 6.07 Å². The van der Waals surface area contributed by atoms with Crippen molar-refractivity contribution in [1.82, 2.24) is 10.3 Å². The Morgan fingerprint density at radius 2 is 2.38 bits per heavy atom. The maximum Gasteiger partial charge on any atom is 0.147 e. The van der Waals surface area contributed by atoms with Crippen LogP contribution in [0.25, 0.3) is 0 Å². The zero-order valence-electron chi connectivity index (χ0n) is 7.95. The topological polar surface area (TPSA) is 42.0 Å². The first-order valence-electron chi connectivity index (χ1n) is 4.31. The number of nitrogens with zero attached hydrogens (tertiary/aromatic N) is 1. The summed E-state index contributed by atoms with van der Waals surface area (Å²) in [5.41, 5.74) is 0.942. The Kier molecular flexibility index (Phi) is 3.58. The van der Waals surface area contributed by atoms with Crippen LogP contribution in [0.3, 0.4) is 0 Å². The zero-order valence-corrected chi connectivity index (χ0v) is 7.95. The quantitative estimate of drug-likeness (QED) is 0.741. The van der Waals surface area contributed by atoms with Crippen molar-refractivity contribution in [2.75, 3.05) is 7.05 Å². The molecule has 1 rings (SSSR count). The molecule has 70 valence electrons. The fourth-order valence-electron chi connectivity index (χ4n) is 1.18. The summed E-state index contributed by atoms with van der Waals surface area (Å²) in [5.74, 6) is 0.146. The second kappa shape index (κ2) is 4.72. The number of carbonyl (C=O) groups excluding carboxylic acids is 1. The lowest BCUT2D eigenvalue weighted by Crippen LogP contribution is -2.34. The first-order valence-corrected chi connectivity index (χ1v) is 4.31. The highest BCUT2D eigenvalue weighted by Gasteiger charge is 2.11. The largest absolute Gasteiger partial charge is 0.310 e. The van der Waals surface area contributed by atoms with Gasteiger partial charge in [-0.3, -0.25) is 9.78 Å². The van der Waals surface area contributed by atoms with Crippen molar-refractivity contribution in [2.24, 2.45) is 0 Å². The van der Waals surface area contributed by atoms with Crippen molar-refractivity contribution in [3.63, 3.8) is 0 Å². The first kappa shape index (κ1) is 9.86. The molecule has 1 atom stereocenters. The van der Waals surface area contributed by atoms with Gasteiger partial charge in [0, 0.05) is 18.3 Å². The number of likely N-dealkylation sites (N-methyl/N-ethyl adjacent to an activating group) is 1. The first-order chi connectivity index (χ1) is 6.24. The van der Waals surface area contributed by atoms with Gasteiger partial charge in [-0.2, -0.15) is 0 Å². The van der Waals surface area contributed by atoms with Crippen LogP contribution in [0.15, 0.2) is 24.4 Å². The summed E-state index contributed by atoms with van der Waals surface area (Å²) in [4.78, 5) is 15.2. The Morgan fingerprint density at radius 3 is 2.85 bits per heavy atom. The average molecular weight is 178 g/mol. The summed E-state index contributed by atoms with van der Waals surface area (Å²) >= 11 is 0. The summed E-state index contributed by atoms with van der Waals surface area (Å²) in [6.45, 7) is 1.59. The van der Waals surface area contributed by atoms with Crippen LogP contribution >= 0.6 is 0 Å². The molecule has 0 saturated carbocycles. The minimum Gasteiger partial charge on any atom is -0.310 e. The maximum atomic E-state index is 11.1. The van der Waals surface area contributed by atoms with E-state index in [1.54, 1.807) is 20.2 Å². The molecule has 0 aliphatic carbocycles. The van der Waals surface area contributed by atoms with E-state index >= 15 is 0 Å². The van der Waals surface area contributed by atoms with Gasteiger partial charge in [0.05, 0.1) is 6.04 Å². The summed E-state index contributed by atoms with van der Waals surface area (Å²) in [6.07, 6.45) is 2.40. The number of Topliss-reactive ketones (excluding diaryl/α,β-unsaturated/α-hetero) is 1. The molecule has 0 aliphatic heterocycles. The molecule has 13 heavy (non-hydrogen) atoms. The van der Waals surface area contributed by atoms with Gasteiger partial charge in [-0.05, 0) is 26.1 Å². The number of hydrogen-bond donors (Lipinski definition) is 1. The summed E-state index contributed by atoms with van der Waals surface area (Å²) in [6, 6.07) is 5.60. The van der Waals surface area contributed by atoms with E-state index in [0.717, 1.165) is 5.69 Å². The molecule has 0 saturated heterocycles. The minimum atomic E-state index is -0.116. The van der Waals surface area contributed by atoms with Crippen LogP contribution in [-0.4, -0.2) is 23.9 Å². The predicted octanol–water partition coefficient (Wildman–Crippen LogP) is 0.801. The van der Waals surface area contributed by atoms with Crippen LogP contribution in [0.2, 0.25) is 0 Å². The molecule has 1 N–H and O–H groups in total. The van der Waals surface area contributed by atoms with E-state index in [-0.39, 0.29) is 11.8 Å². The second-order valence-electron chi connectivity index (χ2n) is 2.98. The Bertz CT molecular complexity index is 272. The van der Waals surface area contributed by atoms with Crippen molar-refractivity contribution < 1.29 is 4.79 Å². The zero-order chi connectivity index (χ0) is 9.68. The van der Waals surface area contributed by atoms with Gasteiger partial charge >= 0.3 is 0 Å². The van der Waals surface area contributed by atoms with Gasteiger partial charge in [0.1, 0.15) is 5.78 Å². The fraction of sp³-hybridized carbons (Fsp3) is 0.400. The molecule has 0 unspecified atom stereocenters. The summed E-state index contributed by atoms with van der Waals surface area (Å²) in [7, 11) is 1.79. The van der Waals surface area contributed by atoms with E-state index in [1.165, 1.54) is 0 Å². The van der Waals surface area contributed by atoms with Crippen LogP contribution < -0.4 is 5.32 Å². The molecule has 0 aliphatic rings. The highest BCUT2D eigenvalue weighted by atomic mass is 16.1. The van der Waals surface area contributed by atoms with E-state index < -0.39 is 0 Å². The lowest BCUT2D eigenvalue weighted by molar-refractivity contribution is -0.118. The standard InChI is InChI=1S/C10H14N2O/c1-8(13)10(11-2)7-9-5-3-4-6-12-9/h3-6,10-11H,7H2,1-2H3/t10-/m0/s1. The van der Waals surface area contributed by atoms with E-state index in [2.05, 4.69) is 10.3 Å². The van der Waals surface area contributed by atoms with Crippen molar-refractivity contribution in [3.8, 4) is 0 Å². The minimum absolute atomic E-state index is 0.116. The Labute approximate surface area is 78.2 Å². The monoisotopic (exact) mass is 178 g/mol. The van der Waals surface area contributed by atoms with Gasteiger partial charge in [-0.15, -0.1) is 0 Å². The summed E-state index contributed by atoms with van der Waals surface area (Å²) in [5, 5.41) is 2.96. The molecule has 1 heterocycles. The Hall–Kier alpha value is -1.22. The fourth-order valence-corrected chi connectivity index (χ4v) is 1.18. The molecule has 1 aromatic heterocycles. The highest BCUT2D eigenvalue weighted by Crippen LogP contribution is 1.99. The number of pyridine rings is 1. The van der Waals surface area contributed by atoms with Gasteiger partial charge in [-0.25, -0.2) is 0 Å². The third-order valence-corrected chi connectivity index (χ3v) is 1.98. The maximum absolute atomic E-state index is 11.1. The Balaban J connectivity index is 2.62. The Morgan fingerprint density at radius 1 is 1.62 bits per heavy atom. The van der Waals surface area contributed by atoms with E-state index in [1.807, 2.05) is 18.2 Å². The van der Waals surface area contributed by atoms with Crippen LogP contribution in [0.1, 0.15) is 12.6 Å². The number of nitrogens with one attached hydrogen (secondary N) is 1. The molecule has 0 fully saturated rings. The smallest absolute Gasteiger partial charge is 0.147 e. The van der Waals surface area contributed by atoms with Crippen LogP contribution in [0, 0.1) is 0 Å². The predicted molar refractivity (Wildman–Crippen MR) is 51.5 cm³/mol. The number of rotatable bonds is 4. The third kappa shape index (κ3) is 2.95. The molecule has 3 heteroatoms. The van der Waals surface area contributed by atoms with Crippen molar-refractivity contribution >= 4 is 5.78 Å². The molecule has 0 radical (unpaired) electrons. The van der Waals surface area contributed by atoms with Crippen molar-refractivity contribution in [3.05, 3.63) is 30.1 Å². The lowest BCUT2D eigenvalue weighted by Gasteiger charge is -2.11. The van der Waals surface area contributed by atoms with Crippen LogP contribution in [-0.2, 0) is 11.2 Å². The van der Waals surface area contributed by atoms with Crippen LogP contribution in [0.5, 0.6) is 0 Å². The second-order valence-corrected chi connectivity index (χ2v) is 2.98. The average Bonchev–Trinajstić information content (AvgIpc) is 2.15.